The van der Waals surface area contributed by atoms with Gasteiger partial charge in [-0.3, -0.25) is 14.8 Å². The molecular formula is C27H32FN3O. The zero-order valence-corrected chi connectivity index (χ0v) is 18.7. The molecular weight excluding hydrogens is 401 g/mol. The van der Waals surface area contributed by atoms with Crippen LogP contribution < -0.4 is 4.74 Å². The highest BCUT2D eigenvalue weighted by molar-refractivity contribution is 5.28. The van der Waals surface area contributed by atoms with Crippen molar-refractivity contribution in [1.82, 2.24) is 14.8 Å². The maximum atomic E-state index is 13.5. The Morgan fingerprint density at radius 2 is 1.72 bits per heavy atom. The monoisotopic (exact) mass is 433 g/mol. The molecule has 0 spiro atoms. The minimum absolute atomic E-state index is 0.0223. The zero-order valence-electron chi connectivity index (χ0n) is 18.7. The van der Waals surface area contributed by atoms with Crippen molar-refractivity contribution in [2.45, 2.75) is 18.9 Å². The van der Waals surface area contributed by atoms with Crippen molar-refractivity contribution in [3.63, 3.8) is 0 Å². The van der Waals surface area contributed by atoms with E-state index in [-0.39, 0.29) is 11.9 Å². The zero-order chi connectivity index (χ0) is 22.2. The average Bonchev–Trinajstić information content (AvgIpc) is 2.83. The molecule has 1 saturated heterocycles. The highest BCUT2D eigenvalue weighted by atomic mass is 19.1. The number of benzene rings is 2. The van der Waals surface area contributed by atoms with Crippen molar-refractivity contribution in [2.75, 3.05) is 39.8 Å². The average molecular weight is 434 g/mol. The summed E-state index contributed by atoms with van der Waals surface area (Å²) in [6.07, 6.45) is 4.18. The summed E-state index contributed by atoms with van der Waals surface area (Å²) in [5.74, 6) is 1.36. The van der Waals surface area contributed by atoms with E-state index in [9.17, 15) is 4.39 Å². The van der Waals surface area contributed by atoms with E-state index in [4.69, 9.17) is 4.74 Å². The van der Waals surface area contributed by atoms with Crippen molar-refractivity contribution < 1.29 is 9.13 Å². The van der Waals surface area contributed by atoms with E-state index in [1.54, 1.807) is 0 Å². The van der Waals surface area contributed by atoms with Crippen molar-refractivity contribution in [2.24, 2.45) is 5.92 Å². The van der Waals surface area contributed by atoms with Crippen LogP contribution in [-0.2, 0) is 0 Å². The summed E-state index contributed by atoms with van der Waals surface area (Å²) in [6.45, 7) is 4.88. The van der Waals surface area contributed by atoms with Crippen LogP contribution in [0.3, 0.4) is 0 Å². The smallest absolute Gasteiger partial charge is 0.123 e. The number of halogens is 1. The van der Waals surface area contributed by atoms with Crippen molar-refractivity contribution >= 4 is 0 Å². The van der Waals surface area contributed by atoms with Gasteiger partial charge in [-0.15, -0.1) is 0 Å². The van der Waals surface area contributed by atoms with Gasteiger partial charge in [-0.2, -0.15) is 0 Å². The third-order valence-electron chi connectivity index (χ3n) is 6.27. The van der Waals surface area contributed by atoms with Gasteiger partial charge >= 0.3 is 0 Å². The van der Waals surface area contributed by atoms with Crippen molar-refractivity contribution in [1.29, 1.82) is 0 Å². The van der Waals surface area contributed by atoms with Gasteiger partial charge in [0.05, 0.1) is 11.7 Å². The van der Waals surface area contributed by atoms with Crippen LogP contribution in [0, 0.1) is 11.7 Å². The fraction of sp³-hybridized carbons (Fsp3) is 0.370. The third-order valence-corrected chi connectivity index (χ3v) is 6.27. The Balaban J connectivity index is 1.30. The molecule has 2 aromatic carbocycles. The molecule has 1 aromatic heterocycles. The lowest BCUT2D eigenvalue weighted by atomic mass is 9.94. The maximum Gasteiger partial charge on any atom is 0.123 e. The standard InChI is InChI=1S/C27H32FN3O/c1-30(27(26-9-5-6-16-29-26)23-10-12-24(28)13-11-23)21-22-14-17-31(18-15-22)19-20-32-25-7-3-2-4-8-25/h2-13,16,22,27H,14-15,17-21H2,1H3. The molecule has 2 heterocycles. The van der Waals surface area contributed by atoms with E-state index in [0.717, 1.165) is 49.8 Å². The van der Waals surface area contributed by atoms with Gasteiger partial charge in [0, 0.05) is 19.3 Å². The summed E-state index contributed by atoms with van der Waals surface area (Å²) in [5.41, 5.74) is 2.07. The van der Waals surface area contributed by atoms with Gasteiger partial charge in [0.15, 0.2) is 0 Å². The molecule has 4 rings (SSSR count). The molecule has 0 aliphatic carbocycles. The summed E-state index contributed by atoms with van der Waals surface area (Å²) < 4.78 is 19.4. The second-order valence-corrected chi connectivity index (χ2v) is 8.59. The molecule has 1 fully saturated rings. The molecule has 168 valence electrons. The highest BCUT2D eigenvalue weighted by Crippen LogP contribution is 2.29. The predicted octanol–water partition coefficient (Wildman–Crippen LogP) is 5.03. The lowest BCUT2D eigenvalue weighted by Gasteiger charge is -2.36. The molecule has 1 aliphatic rings. The molecule has 3 aromatic rings. The van der Waals surface area contributed by atoms with Gasteiger partial charge in [0.2, 0.25) is 0 Å². The van der Waals surface area contributed by atoms with Gasteiger partial charge in [-0.25, -0.2) is 4.39 Å². The Kier molecular flexibility index (Phi) is 7.86. The predicted molar refractivity (Wildman–Crippen MR) is 126 cm³/mol. The number of ether oxygens (including phenoxy) is 1. The maximum absolute atomic E-state index is 13.5. The number of nitrogens with zero attached hydrogens (tertiary/aromatic N) is 3. The van der Waals surface area contributed by atoms with Gasteiger partial charge in [0.25, 0.3) is 0 Å². The summed E-state index contributed by atoms with van der Waals surface area (Å²) >= 11 is 0. The van der Waals surface area contributed by atoms with E-state index in [1.807, 2.05) is 60.8 Å². The first kappa shape index (κ1) is 22.4. The Hall–Kier alpha value is -2.76. The van der Waals surface area contributed by atoms with Crippen LogP contribution >= 0.6 is 0 Å². The van der Waals surface area contributed by atoms with Crippen LogP contribution in [0.15, 0.2) is 79.0 Å². The molecule has 0 saturated carbocycles. The van der Waals surface area contributed by atoms with E-state index < -0.39 is 0 Å². The van der Waals surface area contributed by atoms with E-state index in [1.165, 1.54) is 25.0 Å². The van der Waals surface area contributed by atoms with Gasteiger partial charge in [0.1, 0.15) is 18.2 Å². The number of pyridine rings is 1. The normalized spacial score (nSPS) is 16.2. The Morgan fingerprint density at radius 3 is 2.41 bits per heavy atom. The van der Waals surface area contributed by atoms with Crippen LogP contribution in [0.4, 0.5) is 4.39 Å². The number of hydrogen-bond donors (Lipinski definition) is 0. The lowest BCUT2D eigenvalue weighted by Crippen LogP contribution is -2.40. The summed E-state index contributed by atoms with van der Waals surface area (Å²) in [6, 6.07) is 22.9. The third kappa shape index (κ3) is 6.15. The van der Waals surface area contributed by atoms with Crippen LogP contribution in [-0.4, -0.2) is 54.6 Å². The fourth-order valence-electron chi connectivity index (χ4n) is 4.55. The first-order chi connectivity index (χ1) is 15.7. The Labute approximate surface area is 190 Å². The summed E-state index contributed by atoms with van der Waals surface area (Å²) in [7, 11) is 2.16. The van der Waals surface area contributed by atoms with Crippen molar-refractivity contribution in [3.05, 3.63) is 96.1 Å². The Morgan fingerprint density at radius 1 is 1.00 bits per heavy atom. The first-order valence-corrected chi connectivity index (χ1v) is 11.5. The van der Waals surface area contributed by atoms with E-state index in [0.29, 0.717) is 5.92 Å². The molecule has 4 nitrogen and oxygen atoms in total. The van der Waals surface area contributed by atoms with Gasteiger partial charge < -0.3 is 4.74 Å². The molecule has 0 radical (unpaired) electrons. The molecule has 1 atom stereocenters. The molecule has 32 heavy (non-hydrogen) atoms. The minimum Gasteiger partial charge on any atom is -0.492 e. The van der Waals surface area contributed by atoms with Gasteiger partial charge in [-0.1, -0.05) is 36.4 Å². The van der Waals surface area contributed by atoms with Crippen LogP contribution in [0.2, 0.25) is 0 Å². The molecule has 0 N–H and O–H groups in total. The summed E-state index contributed by atoms with van der Waals surface area (Å²) in [5, 5.41) is 0. The highest BCUT2D eigenvalue weighted by Gasteiger charge is 2.26. The van der Waals surface area contributed by atoms with Crippen molar-refractivity contribution in [3.8, 4) is 5.75 Å². The summed E-state index contributed by atoms with van der Waals surface area (Å²) in [4.78, 5) is 9.47. The largest absolute Gasteiger partial charge is 0.492 e. The number of rotatable bonds is 9. The topological polar surface area (TPSA) is 28.6 Å². The molecule has 1 aliphatic heterocycles. The first-order valence-electron chi connectivity index (χ1n) is 11.5. The molecule has 0 bridgehead atoms. The van der Waals surface area contributed by atoms with Crippen LogP contribution in [0.5, 0.6) is 5.75 Å². The Bertz CT molecular complexity index is 928. The second kappa shape index (κ2) is 11.2. The second-order valence-electron chi connectivity index (χ2n) is 8.59. The molecule has 5 heteroatoms. The van der Waals surface area contributed by atoms with E-state index in [2.05, 4.69) is 27.9 Å². The minimum atomic E-state index is -0.209. The van der Waals surface area contributed by atoms with Crippen LogP contribution in [0.1, 0.15) is 30.1 Å². The number of para-hydroxylation sites is 1. The van der Waals surface area contributed by atoms with Gasteiger partial charge in [-0.05, 0) is 80.9 Å². The van der Waals surface area contributed by atoms with Crippen LogP contribution in [0.25, 0.3) is 0 Å². The quantitative estimate of drug-likeness (QED) is 0.473. The number of piperidine rings is 1. The lowest BCUT2D eigenvalue weighted by molar-refractivity contribution is 0.127. The number of likely N-dealkylation sites (tertiary alicyclic amines) is 1. The van der Waals surface area contributed by atoms with E-state index >= 15 is 0 Å². The SMILES string of the molecule is CN(CC1CCN(CCOc2ccccc2)CC1)C(c1ccc(F)cc1)c1ccccn1. The number of hydrogen-bond acceptors (Lipinski definition) is 4. The number of aromatic nitrogens is 1. The molecule has 1 unspecified atom stereocenters. The molecule has 0 amide bonds. The fourth-order valence-corrected chi connectivity index (χ4v) is 4.55.